The summed E-state index contributed by atoms with van der Waals surface area (Å²) in [5.74, 6) is 0.723. The van der Waals surface area contributed by atoms with Gasteiger partial charge in [0.05, 0.1) is 17.6 Å². The van der Waals surface area contributed by atoms with Gasteiger partial charge in [0.25, 0.3) is 0 Å². The predicted molar refractivity (Wildman–Crippen MR) is 174 cm³/mol. The van der Waals surface area contributed by atoms with Crippen LogP contribution < -0.4 is 0 Å². The molecule has 0 saturated carbocycles. The SMILES string of the molecule is [Ir].[c-]1ccc2c(oc3c4ccccc4ccc23)c1-c1nc2cncnc2n1-c1ccccc1.[c-]1ccccc1-c1ccccn1. The average molecular weight is 758 g/mol. The molecule has 0 atom stereocenters. The molecular formula is C38H23IrN5O-2. The van der Waals surface area contributed by atoms with E-state index in [9.17, 15) is 0 Å². The first kappa shape index (κ1) is 28.3. The van der Waals surface area contributed by atoms with E-state index in [-0.39, 0.29) is 20.1 Å². The van der Waals surface area contributed by atoms with Crippen molar-refractivity contribution in [2.75, 3.05) is 0 Å². The number of aromatic nitrogens is 5. The molecule has 0 fully saturated rings. The Hall–Kier alpha value is -5.49. The molecule has 0 N–H and O–H groups in total. The minimum atomic E-state index is 0. The van der Waals surface area contributed by atoms with E-state index in [0.717, 1.165) is 72.2 Å². The van der Waals surface area contributed by atoms with Crippen LogP contribution in [0.15, 0.2) is 144 Å². The fraction of sp³-hybridized carbons (Fsp3) is 0. The molecule has 0 aliphatic heterocycles. The molecule has 6 nitrogen and oxygen atoms in total. The van der Waals surface area contributed by atoms with Crippen molar-refractivity contribution in [3.8, 4) is 28.3 Å². The largest absolute Gasteiger partial charge is 0.500 e. The first-order valence-electron chi connectivity index (χ1n) is 14.2. The topological polar surface area (TPSA) is 69.6 Å². The summed E-state index contributed by atoms with van der Waals surface area (Å²) in [5, 5.41) is 4.36. The van der Waals surface area contributed by atoms with Gasteiger partial charge in [-0.15, -0.1) is 54.1 Å². The smallest absolute Gasteiger partial charge is 0.158 e. The first-order valence-corrected chi connectivity index (χ1v) is 14.2. The van der Waals surface area contributed by atoms with E-state index in [2.05, 4.69) is 57.4 Å². The Bertz CT molecular complexity index is 2350. The Morgan fingerprint density at radius 2 is 1.47 bits per heavy atom. The van der Waals surface area contributed by atoms with Gasteiger partial charge in [0.2, 0.25) is 0 Å². The van der Waals surface area contributed by atoms with E-state index in [4.69, 9.17) is 9.40 Å². The zero-order valence-electron chi connectivity index (χ0n) is 23.8. The Kier molecular flexibility index (Phi) is 7.70. The van der Waals surface area contributed by atoms with E-state index in [1.807, 2.05) is 95.6 Å². The zero-order valence-corrected chi connectivity index (χ0v) is 26.2. The normalized spacial score (nSPS) is 10.9. The maximum absolute atomic E-state index is 6.52. The molecule has 0 bridgehead atoms. The second kappa shape index (κ2) is 12.2. The molecule has 0 amide bonds. The monoisotopic (exact) mass is 758 g/mol. The maximum atomic E-state index is 6.52. The first-order chi connectivity index (χ1) is 21.8. The minimum absolute atomic E-state index is 0. The van der Waals surface area contributed by atoms with Gasteiger partial charge in [-0.05, 0) is 29.3 Å². The second-order valence-electron chi connectivity index (χ2n) is 10.2. The van der Waals surface area contributed by atoms with Gasteiger partial charge in [-0.3, -0.25) is 4.98 Å². The molecular weight excluding hydrogens is 735 g/mol. The van der Waals surface area contributed by atoms with E-state index in [0.29, 0.717) is 0 Å². The summed E-state index contributed by atoms with van der Waals surface area (Å²) in [6, 6.07) is 46.8. The molecule has 0 unspecified atom stereocenters. The molecule has 4 heterocycles. The van der Waals surface area contributed by atoms with E-state index in [1.54, 1.807) is 18.7 Å². The standard InChI is InChI=1S/C27H15N4O.C11H8N.Ir/c1-2-8-18(9-3-1)31-26(30-23-15-28-16-29-27(23)31)22-12-6-11-20-21-14-13-17-7-4-5-10-19(17)24(21)32-25(20)22;1-2-6-10(7-3-1)11-8-4-5-9-12-11;/h1-11,13-16H;1-6,8-9H;/q2*-1;. The van der Waals surface area contributed by atoms with Crippen LogP contribution in [0.2, 0.25) is 0 Å². The molecule has 9 rings (SSSR count). The predicted octanol–water partition coefficient (Wildman–Crippen LogP) is 8.88. The zero-order chi connectivity index (χ0) is 29.3. The van der Waals surface area contributed by atoms with Crippen LogP contribution in [0.25, 0.3) is 72.2 Å². The van der Waals surface area contributed by atoms with Gasteiger partial charge >= 0.3 is 0 Å². The number of hydrogen-bond acceptors (Lipinski definition) is 5. The summed E-state index contributed by atoms with van der Waals surface area (Å²) in [6.07, 6.45) is 5.07. The van der Waals surface area contributed by atoms with Crippen LogP contribution in [-0.2, 0) is 20.1 Å². The number of furan rings is 1. The number of imidazole rings is 1. The van der Waals surface area contributed by atoms with E-state index >= 15 is 0 Å². The van der Waals surface area contributed by atoms with Gasteiger partial charge in [0.15, 0.2) is 5.65 Å². The van der Waals surface area contributed by atoms with Crippen LogP contribution in [0.1, 0.15) is 0 Å². The third-order valence-electron chi connectivity index (χ3n) is 7.53. The third-order valence-corrected chi connectivity index (χ3v) is 7.53. The van der Waals surface area contributed by atoms with E-state index < -0.39 is 0 Å². The summed E-state index contributed by atoms with van der Waals surface area (Å²) in [5.41, 5.74) is 6.88. The number of hydrogen-bond donors (Lipinski definition) is 0. The van der Waals surface area contributed by atoms with Crippen molar-refractivity contribution in [2.45, 2.75) is 0 Å². The minimum Gasteiger partial charge on any atom is -0.500 e. The molecule has 0 aliphatic carbocycles. The van der Waals surface area contributed by atoms with Crippen molar-refractivity contribution in [2.24, 2.45) is 0 Å². The molecule has 9 aromatic rings. The molecule has 1 radical (unpaired) electrons. The Morgan fingerprint density at radius 1 is 0.644 bits per heavy atom. The van der Waals surface area contributed by atoms with E-state index in [1.165, 1.54) is 0 Å². The van der Waals surface area contributed by atoms with Gasteiger partial charge < -0.3 is 14.0 Å². The van der Waals surface area contributed by atoms with Crippen molar-refractivity contribution < 1.29 is 24.5 Å². The van der Waals surface area contributed by atoms with Crippen LogP contribution in [0.3, 0.4) is 0 Å². The Labute approximate surface area is 272 Å². The van der Waals surface area contributed by atoms with Gasteiger partial charge in [0.1, 0.15) is 17.4 Å². The van der Waals surface area contributed by atoms with Crippen molar-refractivity contribution >= 4 is 43.9 Å². The number of fused-ring (bicyclic) bond motifs is 6. The summed E-state index contributed by atoms with van der Waals surface area (Å²) >= 11 is 0. The molecule has 0 spiro atoms. The summed E-state index contributed by atoms with van der Waals surface area (Å²) < 4.78 is 8.55. The number of benzene rings is 5. The summed E-state index contributed by atoms with van der Waals surface area (Å²) in [7, 11) is 0. The van der Waals surface area contributed by atoms with Crippen LogP contribution in [-0.4, -0.2) is 24.5 Å². The molecule has 0 aliphatic rings. The Balaban J connectivity index is 0.000000211. The molecule has 217 valence electrons. The molecule has 5 aromatic carbocycles. The van der Waals surface area contributed by atoms with Crippen molar-refractivity contribution in [1.29, 1.82) is 0 Å². The van der Waals surface area contributed by atoms with Crippen LogP contribution >= 0.6 is 0 Å². The third kappa shape index (κ3) is 5.18. The van der Waals surface area contributed by atoms with Crippen molar-refractivity contribution in [1.82, 2.24) is 24.5 Å². The average Bonchev–Trinajstić information content (AvgIpc) is 3.69. The second-order valence-corrected chi connectivity index (χ2v) is 10.2. The molecule has 4 aromatic heterocycles. The Morgan fingerprint density at radius 3 is 2.31 bits per heavy atom. The fourth-order valence-electron chi connectivity index (χ4n) is 5.53. The number of pyridine rings is 1. The van der Waals surface area contributed by atoms with Crippen LogP contribution in [0, 0.1) is 12.1 Å². The van der Waals surface area contributed by atoms with Crippen LogP contribution in [0.4, 0.5) is 0 Å². The van der Waals surface area contributed by atoms with Gasteiger partial charge in [-0.25, -0.2) is 9.97 Å². The van der Waals surface area contributed by atoms with Gasteiger partial charge in [-0.1, -0.05) is 77.7 Å². The van der Waals surface area contributed by atoms with Crippen molar-refractivity contribution in [3.63, 3.8) is 0 Å². The quantitative estimate of drug-likeness (QED) is 0.169. The number of para-hydroxylation sites is 1. The molecule has 7 heteroatoms. The maximum Gasteiger partial charge on any atom is 0.158 e. The number of rotatable bonds is 3. The fourth-order valence-corrected chi connectivity index (χ4v) is 5.53. The molecule has 45 heavy (non-hydrogen) atoms. The van der Waals surface area contributed by atoms with Crippen LogP contribution in [0.5, 0.6) is 0 Å². The van der Waals surface area contributed by atoms with Gasteiger partial charge in [0, 0.05) is 42.8 Å². The van der Waals surface area contributed by atoms with Crippen molar-refractivity contribution in [3.05, 3.63) is 152 Å². The summed E-state index contributed by atoms with van der Waals surface area (Å²) in [4.78, 5) is 17.8. The van der Waals surface area contributed by atoms with Gasteiger partial charge in [-0.2, -0.15) is 0 Å². The molecule has 0 saturated heterocycles. The summed E-state index contributed by atoms with van der Waals surface area (Å²) in [6.45, 7) is 0. The number of nitrogens with zero attached hydrogens (tertiary/aromatic N) is 5.